The number of anilines is 1. The summed E-state index contributed by atoms with van der Waals surface area (Å²) < 4.78 is 10.5. The van der Waals surface area contributed by atoms with E-state index in [9.17, 15) is 9.59 Å². The summed E-state index contributed by atoms with van der Waals surface area (Å²) >= 11 is 4.82. The van der Waals surface area contributed by atoms with Crippen LogP contribution in [0.5, 0.6) is 5.75 Å². The Kier molecular flexibility index (Phi) is 4.49. The van der Waals surface area contributed by atoms with E-state index >= 15 is 0 Å². The van der Waals surface area contributed by atoms with Gasteiger partial charge in [-0.3, -0.25) is 9.59 Å². The molecule has 0 atom stereocenters. The van der Waals surface area contributed by atoms with Gasteiger partial charge in [0.2, 0.25) is 0 Å². The summed E-state index contributed by atoms with van der Waals surface area (Å²) in [7, 11) is 1.55. The third kappa shape index (κ3) is 3.51. The number of hydrogen-bond acceptors (Lipinski definition) is 5. The second kappa shape index (κ2) is 6.74. The maximum Gasteiger partial charge on any atom is 0.255 e. The molecule has 3 rings (SSSR count). The molecule has 7 heteroatoms. The highest BCUT2D eigenvalue weighted by molar-refractivity contribution is 7.80. The van der Waals surface area contributed by atoms with Crippen LogP contribution < -0.4 is 21.2 Å². The van der Waals surface area contributed by atoms with Crippen LogP contribution in [-0.2, 0) is 0 Å². The van der Waals surface area contributed by atoms with Crippen molar-refractivity contribution in [3.8, 4) is 5.75 Å². The fraction of sp³-hybridized carbons (Fsp3) is 0.0556. The number of carbonyl (C=O) groups is 1. The van der Waals surface area contributed by atoms with Crippen LogP contribution in [0.15, 0.2) is 57.7 Å². The first-order valence-corrected chi connectivity index (χ1v) is 7.72. The Balaban J connectivity index is 1.89. The Bertz CT molecular complexity index is 1030. The molecule has 126 valence electrons. The molecule has 2 aromatic carbocycles. The third-order valence-electron chi connectivity index (χ3n) is 3.58. The Labute approximate surface area is 148 Å². The molecule has 1 aromatic heterocycles. The second-order valence-electron chi connectivity index (χ2n) is 5.23. The van der Waals surface area contributed by atoms with Gasteiger partial charge < -0.3 is 20.2 Å². The van der Waals surface area contributed by atoms with Crippen LogP contribution in [0.25, 0.3) is 11.0 Å². The Morgan fingerprint density at radius 2 is 1.88 bits per heavy atom. The van der Waals surface area contributed by atoms with Gasteiger partial charge in [0, 0.05) is 17.3 Å². The SMILES string of the molecule is COc1ccc(C(=O)Nc2ccc3oc(C(N)=S)cc(=O)c3c2)cc1. The number of nitrogens with two attached hydrogens (primary N) is 1. The van der Waals surface area contributed by atoms with E-state index in [2.05, 4.69) is 5.32 Å². The number of rotatable bonds is 4. The van der Waals surface area contributed by atoms with Crippen LogP contribution in [0.4, 0.5) is 5.69 Å². The molecule has 25 heavy (non-hydrogen) atoms. The molecule has 0 bridgehead atoms. The average Bonchev–Trinajstić information content (AvgIpc) is 2.62. The zero-order valence-corrected chi connectivity index (χ0v) is 14.1. The second-order valence-corrected chi connectivity index (χ2v) is 5.67. The minimum absolute atomic E-state index is 0.0101. The Hall–Kier alpha value is -3.19. The van der Waals surface area contributed by atoms with Crippen LogP contribution in [0.3, 0.4) is 0 Å². The maximum atomic E-state index is 12.3. The van der Waals surface area contributed by atoms with Crippen molar-refractivity contribution in [2.75, 3.05) is 12.4 Å². The van der Waals surface area contributed by atoms with Gasteiger partial charge in [0.1, 0.15) is 16.3 Å². The van der Waals surface area contributed by atoms with E-state index in [-0.39, 0.29) is 22.1 Å². The lowest BCUT2D eigenvalue weighted by Gasteiger charge is -2.07. The molecule has 0 fully saturated rings. The molecule has 1 heterocycles. The van der Waals surface area contributed by atoms with Crippen LogP contribution in [0, 0.1) is 0 Å². The number of amides is 1. The molecule has 0 saturated carbocycles. The van der Waals surface area contributed by atoms with Gasteiger partial charge in [-0.05, 0) is 42.5 Å². The molecule has 6 nitrogen and oxygen atoms in total. The fourth-order valence-electron chi connectivity index (χ4n) is 2.30. The number of methoxy groups -OCH3 is 1. The Morgan fingerprint density at radius 3 is 2.52 bits per heavy atom. The molecular formula is C18H14N2O4S. The lowest BCUT2D eigenvalue weighted by Crippen LogP contribution is -2.14. The predicted octanol–water partition coefficient (Wildman–Crippen LogP) is 2.69. The molecule has 1 amide bonds. The number of benzene rings is 2. The van der Waals surface area contributed by atoms with E-state index < -0.39 is 0 Å². The van der Waals surface area contributed by atoms with Crippen molar-refractivity contribution in [1.29, 1.82) is 0 Å². The van der Waals surface area contributed by atoms with Crippen LogP contribution in [-0.4, -0.2) is 18.0 Å². The van der Waals surface area contributed by atoms with Crippen molar-refractivity contribution in [3.63, 3.8) is 0 Å². The van der Waals surface area contributed by atoms with E-state index in [1.54, 1.807) is 49.6 Å². The number of nitrogens with one attached hydrogen (secondary N) is 1. The molecule has 3 aromatic rings. The fourth-order valence-corrected chi connectivity index (χ4v) is 2.40. The van der Waals surface area contributed by atoms with Gasteiger partial charge in [-0.1, -0.05) is 12.2 Å². The molecule has 0 spiro atoms. The van der Waals surface area contributed by atoms with Crippen LogP contribution in [0.2, 0.25) is 0 Å². The van der Waals surface area contributed by atoms with E-state index in [4.69, 9.17) is 27.1 Å². The normalized spacial score (nSPS) is 10.4. The van der Waals surface area contributed by atoms with Crippen molar-refractivity contribution < 1.29 is 13.9 Å². The van der Waals surface area contributed by atoms with Gasteiger partial charge in [0.15, 0.2) is 11.2 Å². The molecule has 0 aliphatic heterocycles. The van der Waals surface area contributed by atoms with Crippen molar-refractivity contribution in [2.24, 2.45) is 5.73 Å². The summed E-state index contributed by atoms with van der Waals surface area (Å²) in [6, 6.07) is 12.7. The number of thiocarbonyl (C=S) groups is 1. The highest BCUT2D eigenvalue weighted by Gasteiger charge is 2.10. The van der Waals surface area contributed by atoms with Crippen LogP contribution in [0.1, 0.15) is 16.1 Å². The summed E-state index contributed by atoms with van der Waals surface area (Å²) in [5.74, 6) is 0.516. The summed E-state index contributed by atoms with van der Waals surface area (Å²) in [6.07, 6.45) is 0. The van der Waals surface area contributed by atoms with Gasteiger partial charge in [-0.2, -0.15) is 0 Å². The quantitative estimate of drug-likeness (QED) is 0.700. The van der Waals surface area contributed by atoms with Gasteiger partial charge in [-0.15, -0.1) is 0 Å². The zero-order valence-electron chi connectivity index (χ0n) is 13.2. The first kappa shape index (κ1) is 16.7. The predicted molar refractivity (Wildman–Crippen MR) is 99.3 cm³/mol. The summed E-state index contributed by atoms with van der Waals surface area (Å²) in [6.45, 7) is 0. The largest absolute Gasteiger partial charge is 0.497 e. The van der Waals surface area contributed by atoms with Crippen molar-refractivity contribution in [2.45, 2.75) is 0 Å². The standard InChI is InChI=1S/C18H14N2O4S/c1-23-12-5-2-10(3-6-12)18(22)20-11-4-7-15-13(8-11)14(21)9-16(24-15)17(19)25/h2-9H,1H3,(H2,19,25)(H,20,22). The summed E-state index contributed by atoms with van der Waals surface area (Å²) in [5.41, 5.74) is 6.49. The van der Waals surface area contributed by atoms with Crippen molar-refractivity contribution in [3.05, 3.63) is 70.1 Å². The lowest BCUT2D eigenvalue weighted by molar-refractivity contribution is 0.102. The van der Waals surface area contributed by atoms with Gasteiger partial charge in [0.05, 0.1) is 12.5 Å². The average molecular weight is 354 g/mol. The first-order valence-electron chi connectivity index (χ1n) is 7.31. The zero-order chi connectivity index (χ0) is 18.0. The van der Waals surface area contributed by atoms with E-state index in [1.807, 2.05) is 0 Å². The lowest BCUT2D eigenvalue weighted by atomic mass is 10.1. The molecule has 3 N–H and O–H groups in total. The monoisotopic (exact) mass is 354 g/mol. The van der Waals surface area contributed by atoms with E-state index in [0.717, 1.165) is 0 Å². The minimum atomic E-state index is -0.300. The van der Waals surface area contributed by atoms with E-state index in [0.29, 0.717) is 28.0 Å². The smallest absolute Gasteiger partial charge is 0.255 e. The Morgan fingerprint density at radius 1 is 1.16 bits per heavy atom. The maximum absolute atomic E-state index is 12.3. The molecule has 0 unspecified atom stereocenters. The highest BCUT2D eigenvalue weighted by Crippen LogP contribution is 2.19. The molecule has 0 saturated heterocycles. The minimum Gasteiger partial charge on any atom is -0.497 e. The van der Waals surface area contributed by atoms with Crippen LogP contribution >= 0.6 is 12.2 Å². The molecular weight excluding hydrogens is 340 g/mol. The number of ether oxygens (including phenoxy) is 1. The molecule has 0 aliphatic rings. The van der Waals surface area contributed by atoms with E-state index in [1.165, 1.54) is 6.07 Å². The van der Waals surface area contributed by atoms with Gasteiger partial charge >= 0.3 is 0 Å². The van der Waals surface area contributed by atoms with Gasteiger partial charge in [-0.25, -0.2) is 0 Å². The number of hydrogen-bond donors (Lipinski definition) is 2. The van der Waals surface area contributed by atoms with Gasteiger partial charge in [0.25, 0.3) is 5.91 Å². The summed E-state index contributed by atoms with van der Waals surface area (Å²) in [5, 5.41) is 3.07. The topological polar surface area (TPSA) is 94.6 Å². The molecule has 0 aliphatic carbocycles. The number of carbonyl (C=O) groups excluding carboxylic acids is 1. The first-order chi connectivity index (χ1) is 12.0. The van der Waals surface area contributed by atoms with Crippen molar-refractivity contribution >= 4 is 39.8 Å². The third-order valence-corrected chi connectivity index (χ3v) is 3.78. The number of fused-ring (bicyclic) bond motifs is 1. The molecule has 0 radical (unpaired) electrons. The highest BCUT2D eigenvalue weighted by atomic mass is 32.1. The summed E-state index contributed by atoms with van der Waals surface area (Å²) in [4.78, 5) is 24.5. The van der Waals surface area contributed by atoms with Crippen molar-refractivity contribution in [1.82, 2.24) is 0 Å².